The van der Waals surface area contributed by atoms with Gasteiger partial charge in [0.1, 0.15) is 17.2 Å². The van der Waals surface area contributed by atoms with Gasteiger partial charge in [-0.1, -0.05) is 25.3 Å². The molecule has 0 aliphatic carbocycles. The van der Waals surface area contributed by atoms with Crippen LogP contribution in [0, 0.1) is 17.7 Å². The lowest BCUT2D eigenvalue weighted by molar-refractivity contribution is -0.153. The van der Waals surface area contributed by atoms with Crippen LogP contribution < -0.4 is 15.4 Å². The van der Waals surface area contributed by atoms with E-state index in [2.05, 4.69) is 23.0 Å². The maximum atomic E-state index is 13.8. The Morgan fingerprint density at radius 1 is 1.17 bits per heavy atom. The van der Waals surface area contributed by atoms with Crippen molar-refractivity contribution in [3.05, 3.63) is 59.9 Å². The van der Waals surface area contributed by atoms with E-state index in [-0.39, 0.29) is 28.5 Å². The number of carbonyl (C=O) groups is 1. The van der Waals surface area contributed by atoms with Gasteiger partial charge in [0.05, 0.1) is 0 Å². The summed E-state index contributed by atoms with van der Waals surface area (Å²) in [6, 6.07) is 5.32. The number of aromatic nitrogens is 2. The molecule has 2 aromatic carbocycles. The first-order valence-electron chi connectivity index (χ1n) is 15.8. The number of nitrogens with two attached hydrogens (primary N) is 1. The highest BCUT2D eigenvalue weighted by Gasteiger charge is 2.46. The number of likely N-dealkylation sites (N-methyl/N-ethyl adjacent to an activating group) is 1. The minimum atomic E-state index is -4.61. The minimum Gasteiger partial charge on any atom is -0.481 e. The van der Waals surface area contributed by atoms with Gasteiger partial charge in [-0.05, 0) is 74.7 Å². The summed E-state index contributed by atoms with van der Waals surface area (Å²) in [7, 11) is 2.03. The molecule has 6 rings (SSSR count). The summed E-state index contributed by atoms with van der Waals surface area (Å²) in [5.74, 6) is 1.11. The normalized spacial score (nSPS) is 19.6. The van der Waals surface area contributed by atoms with E-state index in [1.807, 2.05) is 20.0 Å². The lowest BCUT2D eigenvalue weighted by Crippen LogP contribution is -2.61. The zero-order valence-electron chi connectivity index (χ0n) is 26.8. The molecular weight excluding hydrogens is 607 g/mol. The molecule has 3 aliphatic heterocycles. The number of ether oxygens (including phenoxy) is 1. The number of likely N-dealkylation sites (tertiary alicyclic amines) is 2. The fourth-order valence-electron chi connectivity index (χ4n) is 7.33. The summed E-state index contributed by atoms with van der Waals surface area (Å²) in [4.78, 5) is 28.4. The van der Waals surface area contributed by atoms with E-state index in [0.717, 1.165) is 44.1 Å². The van der Waals surface area contributed by atoms with Crippen LogP contribution in [0.5, 0.6) is 5.75 Å². The van der Waals surface area contributed by atoms with Crippen molar-refractivity contribution in [1.82, 2.24) is 19.8 Å². The molecule has 0 bridgehead atoms. The summed E-state index contributed by atoms with van der Waals surface area (Å²) in [6.45, 7) is 12.2. The van der Waals surface area contributed by atoms with Gasteiger partial charge in [0, 0.05) is 72.5 Å². The Morgan fingerprint density at radius 3 is 2.49 bits per heavy atom. The first-order valence-corrected chi connectivity index (χ1v) is 15.8. The quantitative estimate of drug-likeness (QED) is 0.181. The average Bonchev–Trinajstić information content (AvgIpc) is 3.48. The second-order valence-electron chi connectivity index (χ2n) is 13.1. The fraction of sp³-hybridized carbons (Fsp3) is 0.429. The Kier molecular flexibility index (Phi) is 8.50. The standard InChI is InChI=1S/C35H40F3N7O2/c1-5-22-15-24-30(31(47-20-35(36,37)38)29(22)28-21(3)7-8-26(40)25(28)16-39)41-32(23-9-12-43(4)17-23)42-33(24)44-13-10-34(11-14-44)18-45(19-34)27(46)6-2/h5-8,15-16,23,39H,1-2,9-14,17-20,40H2,3-4H3. The smallest absolute Gasteiger partial charge is 0.422 e. The zero-order chi connectivity index (χ0) is 33.7. The summed E-state index contributed by atoms with van der Waals surface area (Å²) >= 11 is 0. The number of halogens is 3. The number of nitrogens with zero attached hydrogens (tertiary/aromatic N) is 5. The fourth-order valence-corrected chi connectivity index (χ4v) is 7.33. The lowest BCUT2D eigenvalue weighted by Gasteiger charge is -2.54. The minimum absolute atomic E-state index is 0.00590. The van der Waals surface area contributed by atoms with E-state index < -0.39 is 12.8 Å². The van der Waals surface area contributed by atoms with Crippen molar-refractivity contribution in [2.45, 2.75) is 38.3 Å². The van der Waals surface area contributed by atoms with E-state index in [4.69, 9.17) is 25.8 Å². The van der Waals surface area contributed by atoms with E-state index in [0.29, 0.717) is 71.1 Å². The van der Waals surface area contributed by atoms with Crippen LogP contribution in [0.3, 0.4) is 0 Å². The molecule has 3 aliphatic rings. The van der Waals surface area contributed by atoms with Crippen LogP contribution in [0.2, 0.25) is 0 Å². The number of rotatable bonds is 8. The van der Waals surface area contributed by atoms with Crippen LogP contribution in [0.4, 0.5) is 24.7 Å². The van der Waals surface area contributed by atoms with E-state index in [9.17, 15) is 18.0 Å². The molecule has 3 fully saturated rings. The Hall–Kier alpha value is -4.45. The van der Waals surface area contributed by atoms with Gasteiger partial charge in [0.25, 0.3) is 0 Å². The molecular formula is C35H40F3N7O2. The highest BCUT2D eigenvalue weighted by molar-refractivity contribution is 6.06. The molecule has 3 aromatic rings. The molecule has 47 heavy (non-hydrogen) atoms. The molecule has 4 heterocycles. The number of amides is 1. The van der Waals surface area contributed by atoms with Crippen molar-refractivity contribution < 1.29 is 22.7 Å². The summed E-state index contributed by atoms with van der Waals surface area (Å²) in [5.41, 5.74) is 9.40. The number of hydrogen-bond acceptors (Lipinski definition) is 8. The van der Waals surface area contributed by atoms with Crippen molar-refractivity contribution in [1.29, 1.82) is 5.41 Å². The van der Waals surface area contributed by atoms with Gasteiger partial charge in [-0.3, -0.25) is 4.79 Å². The van der Waals surface area contributed by atoms with Crippen LogP contribution in [-0.4, -0.2) is 91.0 Å². The second kappa shape index (κ2) is 12.3. The van der Waals surface area contributed by atoms with Crippen LogP contribution in [0.25, 0.3) is 28.1 Å². The van der Waals surface area contributed by atoms with Gasteiger partial charge in [0.2, 0.25) is 5.91 Å². The predicted octanol–water partition coefficient (Wildman–Crippen LogP) is 5.80. The van der Waals surface area contributed by atoms with Gasteiger partial charge in [0.15, 0.2) is 12.4 Å². The Balaban J connectivity index is 1.55. The number of benzene rings is 2. The maximum Gasteiger partial charge on any atom is 0.422 e. The third-order valence-corrected chi connectivity index (χ3v) is 9.87. The molecule has 9 nitrogen and oxygen atoms in total. The lowest BCUT2D eigenvalue weighted by atomic mass is 9.72. The molecule has 248 valence electrons. The zero-order valence-corrected chi connectivity index (χ0v) is 26.8. The maximum absolute atomic E-state index is 13.8. The Labute approximate surface area is 272 Å². The molecule has 1 aromatic heterocycles. The molecule has 1 spiro atoms. The summed E-state index contributed by atoms with van der Waals surface area (Å²) < 4.78 is 47.2. The van der Waals surface area contributed by atoms with Crippen LogP contribution in [-0.2, 0) is 4.79 Å². The third-order valence-electron chi connectivity index (χ3n) is 9.87. The van der Waals surface area contributed by atoms with Gasteiger partial charge in [-0.15, -0.1) is 0 Å². The molecule has 0 saturated carbocycles. The molecule has 3 saturated heterocycles. The molecule has 3 N–H and O–H groups in total. The largest absolute Gasteiger partial charge is 0.481 e. The highest BCUT2D eigenvalue weighted by Crippen LogP contribution is 2.47. The van der Waals surface area contributed by atoms with E-state index in [1.54, 1.807) is 23.1 Å². The Morgan fingerprint density at radius 2 is 1.89 bits per heavy atom. The summed E-state index contributed by atoms with van der Waals surface area (Å²) in [5, 5.41) is 8.72. The van der Waals surface area contributed by atoms with Gasteiger partial charge < -0.3 is 30.6 Å². The number of nitrogens with one attached hydrogen (secondary N) is 1. The molecule has 0 radical (unpaired) electrons. The monoisotopic (exact) mass is 647 g/mol. The molecule has 12 heteroatoms. The van der Waals surface area contributed by atoms with E-state index in [1.165, 1.54) is 6.08 Å². The number of piperidine rings is 1. The van der Waals surface area contributed by atoms with Crippen LogP contribution in [0.1, 0.15) is 47.7 Å². The van der Waals surface area contributed by atoms with Crippen molar-refractivity contribution in [2.75, 3.05) is 63.6 Å². The number of alkyl halides is 3. The molecule has 1 atom stereocenters. The summed E-state index contributed by atoms with van der Waals surface area (Å²) in [6.07, 6.45) is 1.94. The van der Waals surface area contributed by atoms with Gasteiger partial charge in [-0.2, -0.15) is 13.2 Å². The molecule has 1 unspecified atom stereocenters. The van der Waals surface area contributed by atoms with Crippen molar-refractivity contribution >= 4 is 40.6 Å². The SMILES string of the molecule is C=CC(=O)N1CC2(CCN(c3nc(C4CCN(C)C4)nc4c(OCC(F)(F)F)c(-c5c(C)ccc(N)c5C=N)c(C=C)cc34)CC2)C1. The van der Waals surface area contributed by atoms with Gasteiger partial charge in [-0.25, -0.2) is 9.97 Å². The van der Waals surface area contributed by atoms with Gasteiger partial charge >= 0.3 is 6.18 Å². The van der Waals surface area contributed by atoms with E-state index >= 15 is 0 Å². The number of aryl methyl sites for hydroxylation is 1. The van der Waals surface area contributed by atoms with Crippen molar-refractivity contribution in [3.63, 3.8) is 0 Å². The third kappa shape index (κ3) is 6.06. The average molecular weight is 648 g/mol. The predicted molar refractivity (Wildman–Crippen MR) is 179 cm³/mol. The Bertz CT molecular complexity index is 1760. The first-order chi connectivity index (χ1) is 22.4. The highest BCUT2D eigenvalue weighted by atomic mass is 19.4. The second-order valence-corrected chi connectivity index (χ2v) is 13.1. The number of carbonyl (C=O) groups excluding carboxylic acids is 1. The number of anilines is 2. The molecule has 1 amide bonds. The van der Waals surface area contributed by atoms with Crippen LogP contribution >= 0.6 is 0 Å². The van der Waals surface area contributed by atoms with Crippen molar-refractivity contribution in [3.8, 4) is 16.9 Å². The number of nitrogen functional groups attached to an aromatic ring is 1. The first kappa shape index (κ1) is 32.5. The topological polar surface area (TPSA) is 112 Å². The number of fused-ring (bicyclic) bond motifs is 1. The van der Waals surface area contributed by atoms with Crippen LogP contribution in [0.15, 0.2) is 37.4 Å². The van der Waals surface area contributed by atoms with Crippen molar-refractivity contribution in [2.24, 2.45) is 5.41 Å². The number of hydrogen-bond donors (Lipinski definition) is 2.